The summed E-state index contributed by atoms with van der Waals surface area (Å²) in [4.78, 5) is 0. The number of hydrogen-bond acceptors (Lipinski definition) is 2. The van der Waals surface area contributed by atoms with Crippen LogP contribution in [0.2, 0.25) is 5.02 Å². The van der Waals surface area contributed by atoms with Gasteiger partial charge in [0.25, 0.3) is 0 Å². The molecule has 1 atom stereocenters. The van der Waals surface area contributed by atoms with Crippen LogP contribution in [-0.4, -0.2) is 0 Å². The Bertz CT molecular complexity index is 644. The second-order valence-electron chi connectivity index (χ2n) is 5.03. The lowest BCUT2D eigenvalue weighted by molar-refractivity contribution is 0.306. The van der Waals surface area contributed by atoms with E-state index in [0.717, 1.165) is 24.2 Å². The van der Waals surface area contributed by atoms with Gasteiger partial charge in [0.2, 0.25) is 0 Å². The average molecular weight is 292 g/mol. The van der Waals surface area contributed by atoms with E-state index in [1.165, 1.54) is 23.3 Å². The van der Waals surface area contributed by atoms with E-state index in [4.69, 9.17) is 22.1 Å². The molecule has 0 saturated carbocycles. The van der Waals surface area contributed by atoms with E-state index in [2.05, 4.69) is 0 Å². The van der Waals surface area contributed by atoms with Crippen LogP contribution in [0.3, 0.4) is 0 Å². The quantitative estimate of drug-likeness (QED) is 0.927. The van der Waals surface area contributed by atoms with Crippen molar-refractivity contribution in [1.29, 1.82) is 0 Å². The van der Waals surface area contributed by atoms with Crippen molar-refractivity contribution in [2.75, 3.05) is 0 Å². The van der Waals surface area contributed by atoms with Gasteiger partial charge in [0, 0.05) is 11.6 Å². The highest BCUT2D eigenvalue weighted by Gasteiger charge is 2.19. The van der Waals surface area contributed by atoms with E-state index in [0.29, 0.717) is 11.6 Å². The van der Waals surface area contributed by atoms with Crippen molar-refractivity contribution in [3.05, 3.63) is 63.9 Å². The topological polar surface area (TPSA) is 35.2 Å². The monoisotopic (exact) mass is 291 g/mol. The first kappa shape index (κ1) is 13.4. The number of hydrogen-bond donors (Lipinski definition) is 1. The number of ether oxygens (including phenoxy) is 1. The van der Waals surface area contributed by atoms with Gasteiger partial charge in [-0.25, -0.2) is 4.39 Å². The molecule has 0 heterocycles. The minimum absolute atomic E-state index is 0.144. The van der Waals surface area contributed by atoms with Crippen LogP contribution >= 0.6 is 11.6 Å². The Morgan fingerprint density at radius 1 is 1.25 bits per heavy atom. The van der Waals surface area contributed by atoms with Gasteiger partial charge in [-0.2, -0.15) is 0 Å². The molecule has 104 valence electrons. The molecule has 0 radical (unpaired) electrons. The van der Waals surface area contributed by atoms with Gasteiger partial charge in [-0.15, -0.1) is 0 Å². The summed E-state index contributed by atoms with van der Waals surface area (Å²) in [5.41, 5.74) is 9.23. The molecule has 1 aliphatic carbocycles. The fourth-order valence-corrected chi connectivity index (χ4v) is 2.74. The largest absolute Gasteiger partial charge is 0.489 e. The molecule has 0 bridgehead atoms. The molecular weight excluding hydrogens is 277 g/mol. The lowest BCUT2D eigenvalue weighted by Gasteiger charge is -2.10. The van der Waals surface area contributed by atoms with Crippen LogP contribution in [0, 0.1) is 5.82 Å². The SMILES string of the molecule is NC1CCc2cc(OCc3ccc(F)cc3Cl)ccc21. The molecule has 2 aromatic carbocycles. The molecule has 20 heavy (non-hydrogen) atoms. The Labute approximate surface area is 122 Å². The Morgan fingerprint density at radius 2 is 2.10 bits per heavy atom. The highest BCUT2D eigenvalue weighted by atomic mass is 35.5. The minimum atomic E-state index is -0.342. The predicted octanol–water partition coefficient (Wildman–Crippen LogP) is 4.00. The van der Waals surface area contributed by atoms with Gasteiger partial charge in [0.15, 0.2) is 0 Å². The third-order valence-corrected chi connectivity index (χ3v) is 4.00. The first-order chi connectivity index (χ1) is 9.63. The summed E-state index contributed by atoms with van der Waals surface area (Å²) in [6, 6.07) is 10.4. The normalized spacial score (nSPS) is 17.1. The summed E-state index contributed by atoms with van der Waals surface area (Å²) >= 11 is 5.97. The Morgan fingerprint density at radius 3 is 2.90 bits per heavy atom. The van der Waals surface area contributed by atoms with Gasteiger partial charge >= 0.3 is 0 Å². The molecule has 1 unspecified atom stereocenters. The first-order valence-corrected chi connectivity index (χ1v) is 6.96. The van der Waals surface area contributed by atoms with Crippen molar-refractivity contribution in [1.82, 2.24) is 0 Å². The smallest absolute Gasteiger partial charge is 0.124 e. The summed E-state index contributed by atoms with van der Waals surface area (Å²) in [5.74, 6) is 0.448. The second kappa shape index (κ2) is 5.43. The number of benzene rings is 2. The van der Waals surface area contributed by atoms with E-state index in [1.807, 2.05) is 18.2 Å². The molecule has 0 saturated heterocycles. The maximum Gasteiger partial charge on any atom is 0.124 e. The maximum absolute atomic E-state index is 13.0. The third-order valence-electron chi connectivity index (χ3n) is 3.65. The zero-order chi connectivity index (χ0) is 14.1. The van der Waals surface area contributed by atoms with Crippen LogP contribution in [0.1, 0.15) is 29.2 Å². The van der Waals surface area contributed by atoms with Crippen molar-refractivity contribution < 1.29 is 9.13 Å². The van der Waals surface area contributed by atoms with Gasteiger partial charge in [-0.1, -0.05) is 23.7 Å². The molecule has 0 fully saturated rings. The third kappa shape index (κ3) is 2.65. The molecule has 4 heteroatoms. The van der Waals surface area contributed by atoms with E-state index in [-0.39, 0.29) is 11.9 Å². The van der Waals surface area contributed by atoms with Crippen LogP contribution in [-0.2, 0) is 13.0 Å². The van der Waals surface area contributed by atoms with Gasteiger partial charge in [-0.05, 0) is 48.2 Å². The second-order valence-corrected chi connectivity index (χ2v) is 5.44. The number of rotatable bonds is 3. The number of fused-ring (bicyclic) bond motifs is 1. The van der Waals surface area contributed by atoms with Crippen LogP contribution in [0.25, 0.3) is 0 Å². The first-order valence-electron chi connectivity index (χ1n) is 6.58. The summed E-state index contributed by atoms with van der Waals surface area (Å²) in [6.07, 6.45) is 1.98. The maximum atomic E-state index is 13.0. The van der Waals surface area contributed by atoms with Crippen molar-refractivity contribution in [2.24, 2.45) is 5.73 Å². The molecule has 0 spiro atoms. The Kier molecular flexibility index (Phi) is 3.64. The van der Waals surface area contributed by atoms with E-state index in [1.54, 1.807) is 6.07 Å². The lowest BCUT2D eigenvalue weighted by atomic mass is 10.1. The lowest BCUT2D eigenvalue weighted by Crippen LogP contribution is -2.05. The molecule has 0 aliphatic heterocycles. The Hall–Kier alpha value is -1.58. The fourth-order valence-electron chi connectivity index (χ4n) is 2.52. The molecule has 2 aromatic rings. The zero-order valence-electron chi connectivity index (χ0n) is 10.9. The van der Waals surface area contributed by atoms with Gasteiger partial charge in [0.05, 0.1) is 5.02 Å². The summed E-state index contributed by atoms with van der Waals surface area (Å²) < 4.78 is 18.7. The van der Waals surface area contributed by atoms with Gasteiger partial charge < -0.3 is 10.5 Å². The minimum Gasteiger partial charge on any atom is -0.489 e. The van der Waals surface area contributed by atoms with Crippen LogP contribution in [0.15, 0.2) is 36.4 Å². The molecule has 1 aliphatic rings. The Balaban J connectivity index is 1.73. The number of halogens is 2. The highest BCUT2D eigenvalue weighted by Crippen LogP contribution is 2.32. The van der Waals surface area contributed by atoms with Crippen LogP contribution in [0.4, 0.5) is 4.39 Å². The summed E-state index contributed by atoms with van der Waals surface area (Å²) in [5, 5.41) is 0.383. The molecule has 3 rings (SSSR count). The molecule has 2 nitrogen and oxygen atoms in total. The fraction of sp³-hybridized carbons (Fsp3) is 0.250. The highest BCUT2D eigenvalue weighted by molar-refractivity contribution is 6.31. The van der Waals surface area contributed by atoms with E-state index in [9.17, 15) is 4.39 Å². The summed E-state index contributed by atoms with van der Waals surface area (Å²) in [6.45, 7) is 0.323. The molecule has 0 amide bonds. The van der Waals surface area contributed by atoms with Crippen molar-refractivity contribution in [3.8, 4) is 5.75 Å². The number of nitrogens with two attached hydrogens (primary N) is 1. The van der Waals surface area contributed by atoms with E-state index >= 15 is 0 Å². The van der Waals surface area contributed by atoms with Crippen molar-refractivity contribution >= 4 is 11.6 Å². The van der Waals surface area contributed by atoms with Gasteiger partial charge in [-0.3, -0.25) is 0 Å². The molecule has 2 N–H and O–H groups in total. The van der Waals surface area contributed by atoms with E-state index < -0.39 is 0 Å². The summed E-state index contributed by atoms with van der Waals surface area (Å²) in [7, 11) is 0. The van der Waals surface area contributed by atoms with Crippen LogP contribution in [0.5, 0.6) is 5.75 Å². The number of aryl methyl sites for hydroxylation is 1. The standard InChI is InChI=1S/C16H15ClFNO/c17-15-8-12(18)3-1-11(15)9-20-13-4-5-14-10(7-13)2-6-16(14)19/h1,3-5,7-8,16H,2,6,9,19H2. The van der Waals surface area contributed by atoms with Crippen LogP contribution < -0.4 is 10.5 Å². The van der Waals surface area contributed by atoms with Gasteiger partial charge in [0.1, 0.15) is 18.2 Å². The molecular formula is C16H15ClFNO. The zero-order valence-corrected chi connectivity index (χ0v) is 11.7. The van der Waals surface area contributed by atoms with Crippen molar-refractivity contribution in [2.45, 2.75) is 25.5 Å². The van der Waals surface area contributed by atoms with Crippen molar-refractivity contribution in [3.63, 3.8) is 0 Å². The average Bonchev–Trinajstić information content (AvgIpc) is 2.79. The molecule has 0 aromatic heterocycles. The predicted molar refractivity (Wildman–Crippen MR) is 77.4 cm³/mol.